The number of halogens is 1. The van der Waals surface area contributed by atoms with E-state index in [1.807, 2.05) is 42.5 Å². The van der Waals surface area contributed by atoms with E-state index in [9.17, 15) is 0 Å². The molecule has 1 atom stereocenters. The lowest BCUT2D eigenvalue weighted by atomic mass is 10.2. The predicted molar refractivity (Wildman–Crippen MR) is 125 cm³/mol. The van der Waals surface area contributed by atoms with Crippen LogP contribution in [0.2, 0.25) is 5.02 Å². The Morgan fingerprint density at radius 2 is 1.94 bits per heavy atom. The summed E-state index contributed by atoms with van der Waals surface area (Å²) in [5.74, 6) is 2.94. The molecule has 8 nitrogen and oxygen atoms in total. The Balaban J connectivity index is 1.37. The van der Waals surface area contributed by atoms with Crippen molar-refractivity contribution in [2.75, 3.05) is 13.7 Å². The van der Waals surface area contributed by atoms with E-state index >= 15 is 0 Å². The standard InChI is InChI=1S/C23H22ClN5O3S/c1-30-16-10-8-15(9-11-16)21-26-28-23(29(21)13-17-5-4-12-31-17)33-14-20-25-27-22(32-20)18-6-2-3-7-19(18)24/h2-3,6-11,17H,4-5,12-14H2,1H3. The third kappa shape index (κ3) is 4.90. The van der Waals surface area contributed by atoms with E-state index < -0.39 is 0 Å². The monoisotopic (exact) mass is 483 g/mol. The molecule has 0 bridgehead atoms. The van der Waals surface area contributed by atoms with Crippen LogP contribution in [0.25, 0.3) is 22.8 Å². The number of hydrogen-bond donors (Lipinski definition) is 0. The molecule has 1 aliphatic rings. The van der Waals surface area contributed by atoms with Gasteiger partial charge in [-0.05, 0) is 49.2 Å². The van der Waals surface area contributed by atoms with E-state index in [4.69, 9.17) is 25.5 Å². The zero-order valence-electron chi connectivity index (χ0n) is 18.0. The first kappa shape index (κ1) is 21.9. The fourth-order valence-electron chi connectivity index (χ4n) is 3.69. The minimum atomic E-state index is 0.146. The van der Waals surface area contributed by atoms with Crippen LogP contribution in [0.4, 0.5) is 0 Å². The fourth-order valence-corrected chi connectivity index (χ4v) is 4.69. The number of benzene rings is 2. The number of thioether (sulfide) groups is 1. The molecule has 0 N–H and O–H groups in total. The molecule has 170 valence electrons. The van der Waals surface area contributed by atoms with Crippen LogP contribution in [0.15, 0.2) is 58.1 Å². The first-order chi connectivity index (χ1) is 16.2. The minimum absolute atomic E-state index is 0.146. The van der Waals surface area contributed by atoms with Crippen molar-refractivity contribution in [1.82, 2.24) is 25.0 Å². The SMILES string of the molecule is COc1ccc(-c2nnc(SCc3nnc(-c4ccccc4Cl)o3)n2CC2CCCO2)cc1. The van der Waals surface area contributed by atoms with E-state index in [1.54, 1.807) is 13.2 Å². The van der Waals surface area contributed by atoms with Crippen LogP contribution in [0.5, 0.6) is 5.75 Å². The molecule has 0 amide bonds. The highest BCUT2D eigenvalue weighted by Crippen LogP contribution is 2.31. The van der Waals surface area contributed by atoms with Crippen molar-refractivity contribution in [3.8, 4) is 28.6 Å². The Morgan fingerprint density at radius 3 is 2.70 bits per heavy atom. The normalized spacial score (nSPS) is 15.8. The molecule has 2 aromatic heterocycles. The van der Waals surface area contributed by atoms with Gasteiger partial charge in [0.25, 0.3) is 0 Å². The van der Waals surface area contributed by atoms with Gasteiger partial charge in [0.15, 0.2) is 11.0 Å². The first-order valence-electron chi connectivity index (χ1n) is 10.6. The summed E-state index contributed by atoms with van der Waals surface area (Å²) >= 11 is 7.75. The van der Waals surface area contributed by atoms with Gasteiger partial charge in [0, 0.05) is 12.2 Å². The quantitative estimate of drug-likeness (QED) is 0.319. The maximum atomic E-state index is 6.25. The van der Waals surface area contributed by atoms with Crippen molar-refractivity contribution in [3.63, 3.8) is 0 Å². The van der Waals surface area contributed by atoms with Crippen LogP contribution in [0.3, 0.4) is 0 Å². The van der Waals surface area contributed by atoms with Crippen molar-refractivity contribution in [1.29, 1.82) is 0 Å². The third-order valence-electron chi connectivity index (χ3n) is 5.37. The summed E-state index contributed by atoms with van der Waals surface area (Å²) in [4.78, 5) is 0. The van der Waals surface area contributed by atoms with Crippen molar-refractivity contribution in [2.45, 2.75) is 36.4 Å². The Kier molecular flexibility index (Phi) is 6.61. The lowest BCUT2D eigenvalue weighted by Gasteiger charge is -2.14. The molecule has 1 saturated heterocycles. The molecule has 10 heteroatoms. The van der Waals surface area contributed by atoms with Crippen molar-refractivity contribution in [3.05, 3.63) is 59.4 Å². The number of nitrogens with zero attached hydrogens (tertiary/aromatic N) is 5. The van der Waals surface area contributed by atoms with Gasteiger partial charge < -0.3 is 13.9 Å². The van der Waals surface area contributed by atoms with E-state index in [-0.39, 0.29) is 6.10 Å². The molecular formula is C23H22ClN5O3S. The molecule has 4 aromatic rings. The second-order valence-corrected chi connectivity index (χ2v) is 8.90. The van der Waals surface area contributed by atoms with Crippen LogP contribution in [-0.2, 0) is 17.0 Å². The molecule has 0 radical (unpaired) electrons. The highest BCUT2D eigenvalue weighted by atomic mass is 35.5. The van der Waals surface area contributed by atoms with E-state index in [2.05, 4.69) is 25.0 Å². The first-order valence-corrected chi connectivity index (χ1v) is 12.0. The van der Waals surface area contributed by atoms with Gasteiger partial charge in [0.2, 0.25) is 11.8 Å². The summed E-state index contributed by atoms with van der Waals surface area (Å²) < 4.78 is 19.1. The van der Waals surface area contributed by atoms with Gasteiger partial charge in [-0.15, -0.1) is 20.4 Å². The summed E-state index contributed by atoms with van der Waals surface area (Å²) in [6, 6.07) is 15.2. The lowest BCUT2D eigenvalue weighted by molar-refractivity contribution is 0.0953. The largest absolute Gasteiger partial charge is 0.497 e. The van der Waals surface area contributed by atoms with E-state index in [0.29, 0.717) is 34.7 Å². The van der Waals surface area contributed by atoms with Crippen molar-refractivity contribution in [2.24, 2.45) is 0 Å². The molecule has 2 aromatic carbocycles. The smallest absolute Gasteiger partial charge is 0.249 e. The topological polar surface area (TPSA) is 88.1 Å². The van der Waals surface area contributed by atoms with Crippen LogP contribution in [-0.4, -0.2) is 44.8 Å². The second-order valence-electron chi connectivity index (χ2n) is 7.55. The zero-order valence-corrected chi connectivity index (χ0v) is 19.6. The molecule has 1 aliphatic heterocycles. The maximum Gasteiger partial charge on any atom is 0.249 e. The lowest BCUT2D eigenvalue weighted by Crippen LogP contribution is -2.16. The van der Waals surface area contributed by atoms with Gasteiger partial charge in [-0.25, -0.2) is 0 Å². The van der Waals surface area contributed by atoms with Gasteiger partial charge in [-0.3, -0.25) is 4.57 Å². The highest BCUT2D eigenvalue weighted by Gasteiger charge is 2.22. The van der Waals surface area contributed by atoms with E-state index in [1.165, 1.54) is 11.8 Å². The number of aromatic nitrogens is 5. The molecule has 0 aliphatic carbocycles. The van der Waals surface area contributed by atoms with E-state index in [0.717, 1.165) is 41.7 Å². The third-order valence-corrected chi connectivity index (χ3v) is 6.65. The Labute approximate surface area is 200 Å². The summed E-state index contributed by atoms with van der Waals surface area (Å²) in [5.41, 5.74) is 1.68. The Morgan fingerprint density at radius 1 is 1.09 bits per heavy atom. The highest BCUT2D eigenvalue weighted by molar-refractivity contribution is 7.98. The summed E-state index contributed by atoms with van der Waals surface area (Å²) in [5, 5.41) is 18.6. The predicted octanol–water partition coefficient (Wildman–Crippen LogP) is 5.13. The molecule has 5 rings (SSSR count). The van der Waals surface area contributed by atoms with Gasteiger partial charge in [0.05, 0.1) is 36.1 Å². The van der Waals surface area contributed by atoms with Gasteiger partial charge in [-0.1, -0.05) is 35.5 Å². The number of methoxy groups -OCH3 is 1. The van der Waals surface area contributed by atoms with Crippen molar-refractivity contribution < 1.29 is 13.9 Å². The second kappa shape index (κ2) is 9.94. The Bertz CT molecular complexity index is 1220. The molecule has 0 saturated carbocycles. The van der Waals surface area contributed by atoms with Gasteiger partial charge in [-0.2, -0.15) is 0 Å². The summed E-state index contributed by atoms with van der Waals surface area (Å²) in [7, 11) is 1.65. The van der Waals surface area contributed by atoms with Crippen LogP contribution in [0, 0.1) is 0 Å². The Hall–Kier alpha value is -2.88. The molecule has 1 unspecified atom stereocenters. The maximum absolute atomic E-state index is 6.25. The minimum Gasteiger partial charge on any atom is -0.497 e. The average Bonchev–Trinajstić information content (AvgIpc) is 3.60. The molecule has 1 fully saturated rings. The molecule has 0 spiro atoms. The van der Waals surface area contributed by atoms with Gasteiger partial charge in [0.1, 0.15) is 5.75 Å². The van der Waals surface area contributed by atoms with Gasteiger partial charge >= 0.3 is 0 Å². The molecular weight excluding hydrogens is 462 g/mol. The zero-order chi connectivity index (χ0) is 22.6. The van der Waals surface area contributed by atoms with Crippen LogP contribution in [0.1, 0.15) is 18.7 Å². The number of hydrogen-bond acceptors (Lipinski definition) is 8. The molecule has 33 heavy (non-hydrogen) atoms. The van der Waals surface area contributed by atoms with Crippen molar-refractivity contribution >= 4 is 23.4 Å². The average molecular weight is 484 g/mol. The number of rotatable bonds is 8. The summed E-state index contributed by atoms with van der Waals surface area (Å²) in [6.45, 7) is 1.48. The van der Waals surface area contributed by atoms with Crippen LogP contribution >= 0.6 is 23.4 Å². The van der Waals surface area contributed by atoms with Crippen LogP contribution < -0.4 is 4.74 Å². The fraction of sp³-hybridized carbons (Fsp3) is 0.304. The molecule has 3 heterocycles. The summed E-state index contributed by atoms with van der Waals surface area (Å²) in [6.07, 6.45) is 2.24. The number of ether oxygens (including phenoxy) is 2.